The normalized spacial score (nSPS) is 14.5. The summed E-state index contributed by atoms with van der Waals surface area (Å²) in [4.78, 5) is 36.7. The molecule has 0 atom stereocenters. The molecule has 1 aromatic carbocycles. The van der Waals surface area contributed by atoms with Crippen molar-refractivity contribution >= 4 is 33.0 Å². The minimum atomic E-state index is -10.7. The fourth-order valence-corrected chi connectivity index (χ4v) is 5.46. The summed E-state index contributed by atoms with van der Waals surface area (Å²) in [5, 5.41) is 8.69. The molecule has 6 heterocycles. The molecule has 0 saturated heterocycles. The Morgan fingerprint density at radius 3 is 1.25 bits per heavy atom. The number of aliphatic carboxylic acids is 1. The number of rotatable bonds is 9. The summed E-state index contributed by atoms with van der Waals surface area (Å²) in [5.74, 6) is -0.716. The number of carbonyl (C=O) groups is 1. The van der Waals surface area contributed by atoms with Gasteiger partial charge in [-0.05, 0) is 111 Å². The van der Waals surface area contributed by atoms with Crippen LogP contribution >= 0.6 is 15.6 Å². The average molecular weight is 1040 g/mol. The van der Waals surface area contributed by atoms with Crippen LogP contribution in [0, 0.1) is 0 Å². The fourth-order valence-electron chi connectivity index (χ4n) is 5.46. The number of para-hydroxylation sites is 1. The molecule has 7 rings (SSSR count). The molecule has 0 spiro atoms. The summed E-state index contributed by atoms with van der Waals surface area (Å²) in [5.41, 5.74) is 8.96. The predicted octanol–water partition coefficient (Wildman–Crippen LogP) is 15.7. The number of halogens is 12. The first-order valence-electron chi connectivity index (χ1n) is 18.5. The van der Waals surface area contributed by atoms with Gasteiger partial charge in [0.15, 0.2) is 0 Å². The summed E-state index contributed by atoms with van der Waals surface area (Å²) in [6.07, 6.45) is 12.8. The van der Waals surface area contributed by atoms with Gasteiger partial charge in [0.25, 0.3) is 0 Å². The predicted molar refractivity (Wildman–Crippen MR) is 222 cm³/mol. The van der Waals surface area contributed by atoms with E-state index >= 15 is 0 Å². The van der Waals surface area contributed by atoms with Gasteiger partial charge in [-0.15, -0.1) is 0 Å². The molecule has 8 nitrogen and oxygen atoms in total. The Bertz CT molecular complexity index is 2230. The zero-order chi connectivity index (χ0) is 47.1. The second kappa shape index (κ2) is 20.7. The van der Waals surface area contributed by atoms with Gasteiger partial charge in [0.2, 0.25) is 0 Å². The molecule has 23 heteroatoms. The number of unbranched alkanes of at least 4 members (excludes halogenated alkanes) is 2. The maximum absolute atomic E-state index is 10.7. The first-order chi connectivity index (χ1) is 28.8. The first kappa shape index (κ1) is 54.9. The molecule has 1 aliphatic heterocycles. The zero-order valence-electron chi connectivity index (χ0n) is 33.6. The molecule has 0 aliphatic carbocycles. The van der Waals surface area contributed by atoms with Crippen LogP contribution in [0.4, 0.5) is 56.1 Å². The molecule has 0 fully saturated rings. The second-order valence-corrected chi connectivity index (χ2v) is 17.7. The van der Waals surface area contributed by atoms with Crippen molar-refractivity contribution in [1.29, 1.82) is 0 Å². The Morgan fingerprint density at radius 1 is 0.516 bits per heavy atom. The Morgan fingerprint density at radius 2 is 0.891 bits per heavy atom. The van der Waals surface area contributed by atoms with E-state index < -0.39 is 21.6 Å². The Kier molecular flexibility index (Phi) is 17.8. The van der Waals surface area contributed by atoms with Gasteiger partial charge in [-0.3, -0.25) is 29.7 Å². The molecule has 1 aliphatic rings. The van der Waals surface area contributed by atoms with Crippen molar-refractivity contribution in [1.82, 2.24) is 24.9 Å². The van der Waals surface area contributed by atoms with Gasteiger partial charge in [-0.1, -0.05) is 48.9 Å². The molecule has 0 saturated carbocycles. The van der Waals surface area contributed by atoms with Crippen LogP contribution < -0.4 is 0 Å². The summed E-state index contributed by atoms with van der Waals surface area (Å²) < 4.78 is 118. The number of hydrogen-bond acceptors (Lipinski definition) is 7. The largest absolute Gasteiger partial charge is 2.00 e. The van der Waals surface area contributed by atoms with Crippen LogP contribution in [0.15, 0.2) is 145 Å². The number of aliphatic imine (C=N–C) groups is 1. The molecule has 0 bridgehead atoms. The van der Waals surface area contributed by atoms with Gasteiger partial charge in [0.05, 0.1) is 39.9 Å². The van der Waals surface area contributed by atoms with Crippen LogP contribution in [0.25, 0.3) is 22.8 Å². The Labute approximate surface area is 372 Å². The molecular weight excluding hydrogens is 999 g/mol. The molecule has 0 radical (unpaired) electrons. The number of fused-ring (bicyclic) bond motifs is 1. The molecule has 0 amide bonds. The average Bonchev–Trinajstić information content (AvgIpc) is 3.47. The number of aromatic nitrogens is 5. The summed E-state index contributed by atoms with van der Waals surface area (Å²) in [6.45, 7) is 4.38. The molecule has 5 aromatic heterocycles. The molecule has 0 unspecified atom stereocenters. The maximum Gasteiger partial charge on any atom is 2.00 e. The van der Waals surface area contributed by atoms with Crippen molar-refractivity contribution in [2.75, 3.05) is 0 Å². The van der Waals surface area contributed by atoms with E-state index in [2.05, 4.69) is 63.0 Å². The second-order valence-electron chi connectivity index (χ2n) is 13.9. The quantitative estimate of drug-likeness (QED) is 0.0664. The van der Waals surface area contributed by atoms with Crippen molar-refractivity contribution in [3.63, 3.8) is 0 Å². The summed E-state index contributed by atoms with van der Waals surface area (Å²) >= 11 is 0. The van der Waals surface area contributed by atoms with Gasteiger partial charge in [-0.2, -0.15) is 0 Å². The molecule has 348 valence electrons. The third kappa shape index (κ3) is 25.1. The van der Waals surface area contributed by atoms with Crippen molar-refractivity contribution in [3.05, 3.63) is 157 Å². The number of carboxylic acid groups (broad SMARTS) is 1. The number of carboxylic acids is 1. The van der Waals surface area contributed by atoms with Crippen LogP contribution in [-0.2, 0) is 36.1 Å². The summed E-state index contributed by atoms with van der Waals surface area (Å²) in [6, 6.07) is 35.6. The molecular formula is C41H40F12N6O2P2Ru. The number of pyridine rings is 5. The number of nitrogens with zero attached hydrogens (tertiary/aromatic N) is 6. The molecule has 1 N–H and O–H groups in total. The van der Waals surface area contributed by atoms with E-state index in [0.29, 0.717) is 0 Å². The van der Waals surface area contributed by atoms with Gasteiger partial charge in [0, 0.05) is 42.8 Å². The van der Waals surface area contributed by atoms with Crippen molar-refractivity contribution in [3.8, 4) is 22.8 Å². The van der Waals surface area contributed by atoms with E-state index in [1.807, 2.05) is 91.1 Å². The van der Waals surface area contributed by atoms with E-state index in [1.165, 1.54) is 11.1 Å². The Balaban J connectivity index is 0.000000304. The number of hydrogen-bond donors (Lipinski definition) is 1. The van der Waals surface area contributed by atoms with Gasteiger partial charge < -0.3 is 5.11 Å². The van der Waals surface area contributed by atoms with Crippen LogP contribution in [0.3, 0.4) is 0 Å². The van der Waals surface area contributed by atoms with E-state index in [1.54, 1.807) is 24.8 Å². The monoisotopic (exact) mass is 1040 g/mol. The number of benzene rings is 1. The molecule has 6 aromatic rings. The standard InChI is InChI=1S/C21H24N2O2.2C10H8N2.2F6P.Ru/c1-21(2)16-9-6-7-10-17(16)23-20(21)18-14-15(12-13-22-18)8-4-3-5-11-19(24)25;2*1-3-7-11-9(5-1)10-6-2-4-8-12-10;2*1-7(2,3,4,5)6;/h6-7,9-10,12-14H,3-5,8,11H2,1-2H3,(H,24,25);2*1-8H;;;/q;;;2*-1;+2. The van der Waals surface area contributed by atoms with Crippen LogP contribution in [0.1, 0.15) is 56.4 Å². The van der Waals surface area contributed by atoms with E-state index in [-0.39, 0.29) is 31.3 Å². The van der Waals surface area contributed by atoms with Crippen LogP contribution in [0.5, 0.6) is 0 Å². The van der Waals surface area contributed by atoms with Crippen LogP contribution in [0.2, 0.25) is 0 Å². The maximum atomic E-state index is 10.6. The zero-order valence-corrected chi connectivity index (χ0v) is 37.2. The minimum Gasteiger partial charge on any atom is -0.255 e. The SMILES string of the molecule is CC1(C)C(c2cc(CCCCCC(=O)O)ccn2)=Nc2ccccc21.F[P-](F)(F)(F)(F)F.F[P-](F)(F)(F)(F)F.[Ru+2].c1ccc(-c2ccccn2)nc1.c1ccc(-c2ccccn2)nc1. The van der Waals surface area contributed by atoms with Gasteiger partial charge in [0.1, 0.15) is 0 Å². The summed E-state index contributed by atoms with van der Waals surface area (Å²) in [7, 11) is -21.3. The van der Waals surface area contributed by atoms with Crippen molar-refractivity contribution in [2.24, 2.45) is 4.99 Å². The van der Waals surface area contributed by atoms with Crippen molar-refractivity contribution < 1.29 is 79.7 Å². The Hall–Kier alpha value is -5.25. The smallest absolute Gasteiger partial charge is 0.255 e. The molecule has 64 heavy (non-hydrogen) atoms. The first-order valence-corrected chi connectivity index (χ1v) is 22.5. The van der Waals surface area contributed by atoms with E-state index in [9.17, 15) is 55.2 Å². The number of aryl methyl sites for hydroxylation is 1. The van der Waals surface area contributed by atoms with Gasteiger partial charge >= 0.3 is 91.4 Å². The topological polar surface area (TPSA) is 114 Å². The third-order valence-corrected chi connectivity index (χ3v) is 8.01. The minimum absolute atomic E-state index is 0. The fraction of sp³-hybridized carbons (Fsp3) is 0.195. The van der Waals surface area contributed by atoms with Crippen molar-refractivity contribution in [2.45, 2.75) is 51.4 Å². The van der Waals surface area contributed by atoms with E-state index in [0.717, 1.165) is 65.6 Å². The van der Waals surface area contributed by atoms with E-state index in [4.69, 9.17) is 10.1 Å². The third-order valence-electron chi connectivity index (χ3n) is 8.01. The van der Waals surface area contributed by atoms with Gasteiger partial charge in [-0.25, -0.2) is 4.99 Å². The van der Waals surface area contributed by atoms with Crippen LogP contribution in [-0.4, -0.2) is 41.7 Å².